The van der Waals surface area contributed by atoms with Gasteiger partial charge in [-0.25, -0.2) is 4.98 Å². The lowest BCUT2D eigenvalue weighted by molar-refractivity contribution is 0.294. The van der Waals surface area contributed by atoms with E-state index in [2.05, 4.69) is 44.3 Å². The number of aromatic nitrogens is 3. The topological polar surface area (TPSA) is 44.8 Å². The first-order valence-electron chi connectivity index (χ1n) is 6.16. The van der Waals surface area contributed by atoms with E-state index in [1.165, 1.54) is 30.2 Å². The fraction of sp³-hybridized carbons (Fsp3) is 0.385. The Bertz CT molecular complexity index is 491. The van der Waals surface area contributed by atoms with Crippen molar-refractivity contribution in [1.82, 2.24) is 20.1 Å². The number of hydrogen-bond donors (Lipinski definition) is 1. The lowest BCUT2D eigenvalue weighted by atomic mass is 10.1. The van der Waals surface area contributed by atoms with Crippen LogP contribution in [0.2, 0.25) is 0 Å². The number of thioether (sulfide) groups is 1. The van der Waals surface area contributed by atoms with E-state index in [-0.39, 0.29) is 0 Å². The van der Waals surface area contributed by atoms with Crippen LogP contribution in [-0.2, 0) is 6.54 Å². The second-order valence-corrected chi connectivity index (χ2v) is 5.65. The van der Waals surface area contributed by atoms with Gasteiger partial charge in [0, 0.05) is 36.7 Å². The average molecular weight is 260 g/mol. The Morgan fingerprint density at radius 2 is 2.17 bits per heavy atom. The highest BCUT2D eigenvalue weighted by atomic mass is 32.2. The molecule has 0 saturated carbocycles. The zero-order valence-corrected chi connectivity index (χ0v) is 11.0. The van der Waals surface area contributed by atoms with E-state index in [4.69, 9.17) is 0 Å². The van der Waals surface area contributed by atoms with E-state index >= 15 is 0 Å². The number of rotatable bonds is 3. The molecule has 0 atom stereocenters. The van der Waals surface area contributed by atoms with Crippen LogP contribution in [0.5, 0.6) is 0 Å². The third kappa shape index (κ3) is 2.73. The molecule has 5 heteroatoms. The number of benzene rings is 1. The summed E-state index contributed by atoms with van der Waals surface area (Å²) in [6, 6.07) is 8.53. The summed E-state index contributed by atoms with van der Waals surface area (Å²) in [4.78, 5) is 6.70. The molecule has 0 spiro atoms. The van der Waals surface area contributed by atoms with Gasteiger partial charge in [0.15, 0.2) is 5.82 Å². The molecular weight excluding hydrogens is 244 g/mol. The molecule has 1 aromatic carbocycles. The van der Waals surface area contributed by atoms with Crippen LogP contribution >= 0.6 is 11.8 Å². The van der Waals surface area contributed by atoms with Gasteiger partial charge in [-0.2, -0.15) is 16.9 Å². The van der Waals surface area contributed by atoms with Crippen molar-refractivity contribution in [2.24, 2.45) is 0 Å². The minimum Gasteiger partial charge on any atom is -0.297 e. The molecule has 0 radical (unpaired) electrons. The summed E-state index contributed by atoms with van der Waals surface area (Å²) in [7, 11) is 0. The van der Waals surface area contributed by atoms with E-state index < -0.39 is 0 Å². The first-order valence-corrected chi connectivity index (χ1v) is 7.32. The lowest BCUT2D eigenvalue weighted by Gasteiger charge is -2.26. The van der Waals surface area contributed by atoms with E-state index in [0.29, 0.717) is 0 Å². The molecule has 1 fully saturated rings. The number of H-pyrrole nitrogens is 1. The Kier molecular flexibility index (Phi) is 3.61. The van der Waals surface area contributed by atoms with Crippen LogP contribution in [0, 0.1) is 0 Å². The van der Waals surface area contributed by atoms with Crippen LogP contribution in [0.15, 0.2) is 30.6 Å². The number of nitrogens with one attached hydrogen (secondary N) is 1. The highest BCUT2D eigenvalue weighted by Gasteiger charge is 2.11. The zero-order chi connectivity index (χ0) is 12.2. The Morgan fingerprint density at radius 3 is 2.94 bits per heavy atom. The summed E-state index contributed by atoms with van der Waals surface area (Å²) < 4.78 is 0. The predicted molar refractivity (Wildman–Crippen MR) is 74.4 cm³/mol. The van der Waals surface area contributed by atoms with Crippen LogP contribution in [0.4, 0.5) is 0 Å². The Balaban J connectivity index is 1.74. The van der Waals surface area contributed by atoms with Crippen molar-refractivity contribution < 1.29 is 0 Å². The molecule has 0 unspecified atom stereocenters. The van der Waals surface area contributed by atoms with E-state index in [9.17, 15) is 0 Å². The SMILES string of the molecule is c1cc(CN2CCSCC2)cc(-c2ncn[nH]2)c1. The lowest BCUT2D eigenvalue weighted by Crippen LogP contribution is -2.31. The summed E-state index contributed by atoms with van der Waals surface area (Å²) in [6.07, 6.45) is 1.55. The van der Waals surface area contributed by atoms with E-state index in [0.717, 1.165) is 17.9 Å². The van der Waals surface area contributed by atoms with Crippen LogP contribution in [0.3, 0.4) is 0 Å². The van der Waals surface area contributed by atoms with Gasteiger partial charge in [0.2, 0.25) is 0 Å². The largest absolute Gasteiger partial charge is 0.297 e. The fourth-order valence-corrected chi connectivity index (χ4v) is 3.16. The molecule has 0 aliphatic carbocycles. The number of hydrogen-bond acceptors (Lipinski definition) is 4. The van der Waals surface area contributed by atoms with Gasteiger partial charge in [0.05, 0.1) is 0 Å². The van der Waals surface area contributed by atoms with Gasteiger partial charge in [-0.15, -0.1) is 0 Å². The van der Waals surface area contributed by atoms with Crippen molar-refractivity contribution in [3.63, 3.8) is 0 Å². The van der Waals surface area contributed by atoms with Gasteiger partial charge in [0.1, 0.15) is 6.33 Å². The molecular formula is C13H16N4S. The van der Waals surface area contributed by atoms with Gasteiger partial charge < -0.3 is 0 Å². The molecule has 18 heavy (non-hydrogen) atoms. The van der Waals surface area contributed by atoms with Crippen molar-refractivity contribution in [3.8, 4) is 11.4 Å². The Hall–Kier alpha value is -1.33. The molecule has 0 amide bonds. The molecule has 1 N–H and O–H groups in total. The van der Waals surface area contributed by atoms with Gasteiger partial charge in [-0.1, -0.05) is 18.2 Å². The van der Waals surface area contributed by atoms with E-state index in [1.807, 2.05) is 11.8 Å². The summed E-state index contributed by atoms with van der Waals surface area (Å²) >= 11 is 2.05. The molecule has 94 valence electrons. The summed E-state index contributed by atoms with van der Waals surface area (Å²) in [5, 5.41) is 6.80. The minimum atomic E-state index is 0.839. The van der Waals surface area contributed by atoms with Crippen LogP contribution in [0.25, 0.3) is 11.4 Å². The molecule has 1 aliphatic rings. The molecule has 1 aromatic heterocycles. The van der Waals surface area contributed by atoms with Crippen molar-refractivity contribution in [2.45, 2.75) is 6.54 Å². The normalized spacial score (nSPS) is 16.9. The molecule has 1 aliphatic heterocycles. The Morgan fingerprint density at radius 1 is 1.28 bits per heavy atom. The minimum absolute atomic E-state index is 0.839. The molecule has 2 aromatic rings. The predicted octanol–water partition coefficient (Wildman–Crippen LogP) is 2.02. The zero-order valence-electron chi connectivity index (χ0n) is 10.2. The molecule has 0 bridgehead atoms. The summed E-state index contributed by atoms with van der Waals surface area (Å²) in [5.74, 6) is 3.34. The molecule has 2 heterocycles. The summed E-state index contributed by atoms with van der Waals surface area (Å²) in [6.45, 7) is 3.41. The van der Waals surface area contributed by atoms with Crippen LogP contribution in [-0.4, -0.2) is 44.7 Å². The molecule has 4 nitrogen and oxygen atoms in total. The third-order valence-electron chi connectivity index (χ3n) is 3.13. The maximum absolute atomic E-state index is 4.19. The monoisotopic (exact) mass is 260 g/mol. The summed E-state index contributed by atoms with van der Waals surface area (Å²) in [5.41, 5.74) is 2.45. The quantitative estimate of drug-likeness (QED) is 0.917. The highest BCUT2D eigenvalue weighted by molar-refractivity contribution is 7.99. The smallest absolute Gasteiger partial charge is 0.155 e. The van der Waals surface area contributed by atoms with Gasteiger partial charge in [-0.05, 0) is 11.6 Å². The average Bonchev–Trinajstić information content (AvgIpc) is 2.94. The highest BCUT2D eigenvalue weighted by Crippen LogP contribution is 2.18. The maximum atomic E-state index is 4.19. The fourth-order valence-electron chi connectivity index (χ4n) is 2.18. The van der Waals surface area contributed by atoms with Gasteiger partial charge in [-0.3, -0.25) is 10.00 Å². The second-order valence-electron chi connectivity index (χ2n) is 4.42. The van der Waals surface area contributed by atoms with Crippen molar-refractivity contribution in [3.05, 3.63) is 36.2 Å². The first-order chi connectivity index (χ1) is 8.92. The Labute approximate surface area is 111 Å². The third-order valence-corrected chi connectivity index (χ3v) is 4.07. The molecule has 1 saturated heterocycles. The standard InChI is InChI=1S/C13H16N4S/c1-2-11(9-17-4-6-18-7-5-17)8-12(3-1)13-14-10-15-16-13/h1-3,8,10H,4-7,9H2,(H,14,15,16). The first kappa shape index (κ1) is 11.7. The van der Waals surface area contributed by atoms with Crippen molar-refractivity contribution in [2.75, 3.05) is 24.6 Å². The number of aromatic amines is 1. The van der Waals surface area contributed by atoms with Gasteiger partial charge >= 0.3 is 0 Å². The van der Waals surface area contributed by atoms with Crippen LogP contribution in [0.1, 0.15) is 5.56 Å². The van der Waals surface area contributed by atoms with Crippen molar-refractivity contribution in [1.29, 1.82) is 0 Å². The van der Waals surface area contributed by atoms with Crippen molar-refractivity contribution >= 4 is 11.8 Å². The van der Waals surface area contributed by atoms with Crippen LogP contribution < -0.4 is 0 Å². The number of nitrogens with zero attached hydrogens (tertiary/aromatic N) is 3. The van der Waals surface area contributed by atoms with E-state index in [1.54, 1.807) is 6.33 Å². The van der Waals surface area contributed by atoms with Gasteiger partial charge in [0.25, 0.3) is 0 Å². The maximum Gasteiger partial charge on any atom is 0.155 e. The second kappa shape index (κ2) is 5.54. The molecule has 3 rings (SSSR count).